The highest BCUT2D eigenvalue weighted by molar-refractivity contribution is 6.31. The fourth-order valence-electron chi connectivity index (χ4n) is 4.05. The highest BCUT2D eigenvalue weighted by Gasteiger charge is 2.25. The molecule has 1 N–H and O–H groups in total. The zero-order chi connectivity index (χ0) is 18.1. The van der Waals surface area contributed by atoms with Crippen LogP contribution < -0.4 is 0 Å². The molecular formula is C21H24ClN3O. The molecule has 4 nitrogen and oxygen atoms in total. The van der Waals surface area contributed by atoms with Crippen LogP contribution in [0, 0.1) is 0 Å². The summed E-state index contributed by atoms with van der Waals surface area (Å²) in [4.78, 5) is 6.64. The maximum Gasteiger partial charge on any atom is 0.0983 e. The van der Waals surface area contributed by atoms with E-state index in [1.165, 1.54) is 16.6 Å². The van der Waals surface area contributed by atoms with Crippen LogP contribution in [0.25, 0.3) is 10.9 Å². The van der Waals surface area contributed by atoms with Crippen LogP contribution in [0.2, 0.25) is 5.02 Å². The smallest absolute Gasteiger partial charge is 0.0983 e. The molecule has 0 bridgehead atoms. The first-order valence-corrected chi connectivity index (χ1v) is 9.65. The first-order chi connectivity index (χ1) is 12.7. The third kappa shape index (κ3) is 3.25. The van der Waals surface area contributed by atoms with Crippen LogP contribution in [-0.2, 0) is 19.5 Å². The van der Waals surface area contributed by atoms with Gasteiger partial charge in [-0.2, -0.15) is 0 Å². The number of hydrogen-bond acceptors (Lipinski definition) is 3. The van der Waals surface area contributed by atoms with Crippen LogP contribution in [0.15, 0.2) is 42.7 Å². The van der Waals surface area contributed by atoms with Gasteiger partial charge >= 0.3 is 0 Å². The molecule has 0 radical (unpaired) electrons. The lowest BCUT2D eigenvalue weighted by Gasteiger charge is -2.28. The van der Waals surface area contributed by atoms with Crippen molar-refractivity contribution in [2.75, 3.05) is 13.1 Å². The highest BCUT2D eigenvalue weighted by Crippen LogP contribution is 2.34. The number of pyridine rings is 1. The molecule has 1 aromatic carbocycles. The summed E-state index contributed by atoms with van der Waals surface area (Å²) in [6, 6.07) is 9.88. The second-order valence-corrected chi connectivity index (χ2v) is 7.46. The van der Waals surface area contributed by atoms with E-state index in [0.29, 0.717) is 6.54 Å². The minimum absolute atomic E-state index is 0.535. The predicted molar refractivity (Wildman–Crippen MR) is 105 cm³/mol. The van der Waals surface area contributed by atoms with E-state index in [2.05, 4.69) is 33.5 Å². The van der Waals surface area contributed by atoms with E-state index in [9.17, 15) is 5.11 Å². The van der Waals surface area contributed by atoms with Gasteiger partial charge in [0.05, 0.1) is 12.6 Å². The highest BCUT2D eigenvalue weighted by atomic mass is 35.5. The Labute approximate surface area is 159 Å². The summed E-state index contributed by atoms with van der Waals surface area (Å²) >= 11 is 6.29. The number of hydrogen-bond donors (Lipinski definition) is 1. The molecule has 1 aliphatic heterocycles. The molecule has 2 aromatic heterocycles. The number of nitrogens with zero attached hydrogens (tertiary/aromatic N) is 3. The van der Waals surface area contributed by atoms with E-state index in [-0.39, 0.29) is 0 Å². The van der Waals surface area contributed by atoms with Gasteiger partial charge in [-0.15, -0.1) is 0 Å². The Kier molecular flexibility index (Phi) is 4.98. The number of aliphatic hydroxyl groups excluding tert-OH is 1. The van der Waals surface area contributed by atoms with E-state index < -0.39 is 6.10 Å². The molecule has 4 rings (SSSR count). The Morgan fingerprint density at radius 2 is 2.19 bits per heavy atom. The average Bonchev–Trinajstić information content (AvgIpc) is 2.95. The van der Waals surface area contributed by atoms with Gasteiger partial charge in [0.1, 0.15) is 0 Å². The quantitative estimate of drug-likeness (QED) is 0.733. The number of aliphatic hydroxyl groups is 1. The van der Waals surface area contributed by atoms with Crippen molar-refractivity contribution in [3.63, 3.8) is 0 Å². The monoisotopic (exact) mass is 369 g/mol. The molecule has 5 heteroatoms. The van der Waals surface area contributed by atoms with Gasteiger partial charge < -0.3 is 9.67 Å². The molecule has 0 aliphatic carbocycles. The van der Waals surface area contributed by atoms with Crippen LogP contribution in [0.4, 0.5) is 0 Å². The van der Waals surface area contributed by atoms with Gasteiger partial charge in [-0.05, 0) is 42.8 Å². The van der Waals surface area contributed by atoms with Crippen LogP contribution in [-0.4, -0.2) is 32.6 Å². The summed E-state index contributed by atoms with van der Waals surface area (Å²) in [6.45, 7) is 5.89. The molecule has 0 fully saturated rings. The third-order valence-electron chi connectivity index (χ3n) is 5.26. The van der Waals surface area contributed by atoms with Gasteiger partial charge in [-0.25, -0.2) is 0 Å². The predicted octanol–water partition coefficient (Wildman–Crippen LogP) is 4.19. The number of aromatic nitrogens is 2. The summed E-state index contributed by atoms with van der Waals surface area (Å²) in [5.74, 6) is 0. The Bertz CT molecular complexity index is 907. The van der Waals surface area contributed by atoms with E-state index in [0.717, 1.165) is 48.6 Å². The van der Waals surface area contributed by atoms with Crippen LogP contribution >= 0.6 is 11.6 Å². The molecular weight excluding hydrogens is 346 g/mol. The van der Waals surface area contributed by atoms with Crippen LogP contribution in [0.3, 0.4) is 0 Å². The summed E-state index contributed by atoms with van der Waals surface area (Å²) in [7, 11) is 0. The van der Waals surface area contributed by atoms with Gasteiger partial charge in [0.25, 0.3) is 0 Å². The molecule has 26 heavy (non-hydrogen) atoms. The molecule has 0 saturated heterocycles. The normalized spacial score (nSPS) is 16.0. The van der Waals surface area contributed by atoms with E-state index in [1.54, 1.807) is 12.4 Å². The number of benzene rings is 1. The number of fused-ring (bicyclic) bond motifs is 3. The third-order valence-corrected chi connectivity index (χ3v) is 5.49. The summed E-state index contributed by atoms with van der Waals surface area (Å²) in [5.41, 5.74) is 4.69. The molecule has 0 amide bonds. The largest absolute Gasteiger partial charge is 0.386 e. The Morgan fingerprint density at radius 1 is 1.31 bits per heavy atom. The van der Waals surface area contributed by atoms with Gasteiger partial charge in [0.15, 0.2) is 0 Å². The van der Waals surface area contributed by atoms with E-state index >= 15 is 0 Å². The SMILES string of the molecule is CCCN1CCc2c(c3cc(Cl)ccc3n2CC(O)c2cccnc2)C1. The van der Waals surface area contributed by atoms with Crippen molar-refractivity contribution in [2.45, 2.75) is 39.0 Å². The second kappa shape index (κ2) is 7.39. The molecule has 3 heterocycles. The Morgan fingerprint density at radius 3 is 2.96 bits per heavy atom. The fraction of sp³-hybridized carbons (Fsp3) is 0.381. The second-order valence-electron chi connectivity index (χ2n) is 7.03. The van der Waals surface area contributed by atoms with Crippen molar-refractivity contribution in [1.29, 1.82) is 0 Å². The topological polar surface area (TPSA) is 41.3 Å². The van der Waals surface area contributed by atoms with Crippen molar-refractivity contribution >= 4 is 22.5 Å². The maximum absolute atomic E-state index is 10.7. The molecule has 0 spiro atoms. The fourth-order valence-corrected chi connectivity index (χ4v) is 4.22. The minimum atomic E-state index is -0.576. The van der Waals surface area contributed by atoms with Gasteiger partial charge in [-0.3, -0.25) is 9.88 Å². The molecule has 0 saturated carbocycles. The van der Waals surface area contributed by atoms with Gasteiger partial charge in [0.2, 0.25) is 0 Å². The van der Waals surface area contributed by atoms with Crippen molar-refractivity contribution in [1.82, 2.24) is 14.5 Å². The zero-order valence-electron chi connectivity index (χ0n) is 15.0. The molecule has 1 aliphatic rings. The van der Waals surface area contributed by atoms with Gasteiger partial charge in [-0.1, -0.05) is 24.6 Å². The standard InChI is InChI=1S/C21H24ClN3O/c1-2-9-24-10-7-20-18(13-24)17-11-16(22)5-6-19(17)25(20)14-21(26)15-4-3-8-23-12-15/h3-6,8,11-12,21,26H,2,7,9-10,13-14H2,1H3. The van der Waals surface area contributed by atoms with Crippen molar-refractivity contribution in [3.8, 4) is 0 Å². The first kappa shape index (κ1) is 17.5. The summed E-state index contributed by atoms with van der Waals surface area (Å²) in [6.07, 6.45) is 5.05. The van der Waals surface area contributed by atoms with E-state index in [4.69, 9.17) is 11.6 Å². The van der Waals surface area contributed by atoms with Crippen molar-refractivity contribution < 1.29 is 5.11 Å². The summed E-state index contributed by atoms with van der Waals surface area (Å²) < 4.78 is 2.28. The van der Waals surface area contributed by atoms with Crippen LogP contribution in [0.1, 0.15) is 36.3 Å². The Balaban J connectivity index is 1.75. The number of rotatable bonds is 5. The average molecular weight is 370 g/mol. The molecule has 1 unspecified atom stereocenters. The minimum Gasteiger partial charge on any atom is -0.386 e. The Hall–Kier alpha value is -1.88. The zero-order valence-corrected chi connectivity index (χ0v) is 15.8. The van der Waals surface area contributed by atoms with Crippen LogP contribution in [0.5, 0.6) is 0 Å². The van der Waals surface area contributed by atoms with Crippen molar-refractivity contribution in [3.05, 3.63) is 64.6 Å². The van der Waals surface area contributed by atoms with E-state index in [1.807, 2.05) is 18.2 Å². The lowest BCUT2D eigenvalue weighted by molar-refractivity contribution is 0.155. The lowest BCUT2D eigenvalue weighted by Crippen LogP contribution is -2.31. The molecule has 3 aromatic rings. The maximum atomic E-state index is 10.7. The lowest BCUT2D eigenvalue weighted by atomic mass is 10.0. The first-order valence-electron chi connectivity index (χ1n) is 9.27. The molecule has 136 valence electrons. The molecule has 1 atom stereocenters. The number of halogens is 1. The van der Waals surface area contributed by atoms with Gasteiger partial charge in [0, 0.05) is 59.1 Å². The van der Waals surface area contributed by atoms with Crippen molar-refractivity contribution in [2.24, 2.45) is 0 Å². The summed E-state index contributed by atoms with van der Waals surface area (Å²) in [5, 5.41) is 12.7.